The summed E-state index contributed by atoms with van der Waals surface area (Å²) in [6.45, 7) is 0.368. The van der Waals surface area contributed by atoms with Crippen LogP contribution >= 0.6 is 23.2 Å². The van der Waals surface area contributed by atoms with Gasteiger partial charge >= 0.3 is 5.97 Å². The maximum Gasteiger partial charge on any atom is 0.339 e. The molecule has 0 aliphatic carbocycles. The van der Waals surface area contributed by atoms with E-state index in [2.05, 4.69) is 12.1 Å². The van der Waals surface area contributed by atoms with E-state index >= 15 is 0 Å². The van der Waals surface area contributed by atoms with E-state index in [9.17, 15) is 4.79 Å². The number of esters is 1. The molecule has 0 bridgehead atoms. The van der Waals surface area contributed by atoms with Crippen LogP contribution in [0.4, 0.5) is 0 Å². The molecule has 0 aliphatic rings. The van der Waals surface area contributed by atoms with E-state index in [4.69, 9.17) is 27.9 Å². The van der Waals surface area contributed by atoms with Crippen LogP contribution in [-0.2, 0) is 11.2 Å². The maximum atomic E-state index is 11.8. The van der Waals surface area contributed by atoms with Crippen molar-refractivity contribution in [3.8, 4) is 0 Å². The first-order valence-electron chi connectivity index (χ1n) is 6.33. The molecule has 0 aliphatic heterocycles. The predicted octanol–water partition coefficient (Wildman–Crippen LogP) is 4.78. The molecular formula is C16H14Cl2O2. The van der Waals surface area contributed by atoms with E-state index in [0.29, 0.717) is 22.2 Å². The predicted molar refractivity (Wildman–Crippen MR) is 81.5 cm³/mol. The third kappa shape index (κ3) is 4.26. The SMILES string of the molecule is O=C(OCCCc1ccccc1)c1ccc(Cl)cc1Cl. The van der Waals surface area contributed by atoms with Gasteiger partial charge in [0.1, 0.15) is 0 Å². The van der Waals surface area contributed by atoms with Crippen molar-refractivity contribution in [2.24, 2.45) is 0 Å². The van der Waals surface area contributed by atoms with Gasteiger partial charge in [-0.05, 0) is 36.6 Å². The fraction of sp³-hybridized carbons (Fsp3) is 0.188. The fourth-order valence-electron chi connectivity index (χ4n) is 1.82. The smallest absolute Gasteiger partial charge is 0.339 e. The Labute approximate surface area is 128 Å². The average Bonchev–Trinajstić information content (AvgIpc) is 2.44. The summed E-state index contributed by atoms with van der Waals surface area (Å²) in [7, 11) is 0. The van der Waals surface area contributed by atoms with Crippen molar-refractivity contribution < 1.29 is 9.53 Å². The highest BCUT2D eigenvalue weighted by atomic mass is 35.5. The zero-order valence-electron chi connectivity index (χ0n) is 10.8. The quantitative estimate of drug-likeness (QED) is 0.587. The summed E-state index contributed by atoms with van der Waals surface area (Å²) >= 11 is 11.7. The minimum atomic E-state index is -0.417. The number of carbonyl (C=O) groups excluding carboxylic acids is 1. The number of hydrogen-bond acceptors (Lipinski definition) is 2. The standard InChI is InChI=1S/C16H14Cl2O2/c17-13-8-9-14(15(18)11-13)16(19)20-10-4-7-12-5-2-1-3-6-12/h1-3,5-6,8-9,11H,4,7,10H2. The van der Waals surface area contributed by atoms with E-state index < -0.39 is 5.97 Å². The number of halogens is 2. The maximum absolute atomic E-state index is 11.8. The second-order valence-electron chi connectivity index (χ2n) is 4.35. The van der Waals surface area contributed by atoms with Crippen molar-refractivity contribution in [1.82, 2.24) is 0 Å². The minimum Gasteiger partial charge on any atom is -0.462 e. The average molecular weight is 309 g/mol. The molecule has 104 valence electrons. The first kappa shape index (κ1) is 14.9. The van der Waals surface area contributed by atoms with E-state index in [1.807, 2.05) is 18.2 Å². The molecule has 0 unspecified atom stereocenters. The van der Waals surface area contributed by atoms with E-state index in [1.54, 1.807) is 12.1 Å². The van der Waals surface area contributed by atoms with Gasteiger partial charge in [-0.1, -0.05) is 53.5 Å². The molecule has 0 saturated heterocycles. The highest BCUT2D eigenvalue weighted by Gasteiger charge is 2.11. The Hall–Kier alpha value is -1.51. The number of carbonyl (C=O) groups is 1. The summed E-state index contributed by atoms with van der Waals surface area (Å²) in [6.07, 6.45) is 1.66. The largest absolute Gasteiger partial charge is 0.462 e. The Balaban J connectivity index is 1.80. The molecule has 0 heterocycles. The van der Waals surface area contributed by atoms with Gasteiger partial charge in [-0.2, -0.15) is 0 Å². The Morgan fingerprint density at radius 1 is 1.05 bits per heavy atom. The third-order valence-electron chi connectivity index (χ3n) is 2.84. The van der Waals surface area contributed by atoms with Crippen LogP contribution in [0, 0.1) is 0 Å². The lowest BCUT2D eigenvalue weighted by molar-refractivity contribution is 0.0501. The number of ether oxygens (including phenoxy) is 1. The molecule has 0 radical (unpaired) electrons. The highest BCUT2D eigenvalue weighted by molar-refractivity contribution is 6.36. The summed E-state index contributed by atoms with van der Waals surface area (Å²) in [6, 6.07) is 14.8. The van der Waals surface area contributed by atoms with Gasteiger partial charge in [0.2, 0.25) is 0 Å². The second-order valence-corrected chi connectivity index (χ2v) is 5.19. The van der Waals surface area contributed by atoms with E-state index in [0.717, 1.165) is 12.8 Å². The molecule has 0 fully saturated rings. The van der Waals surface area contributed by atoms with Gasteiger partial charge in [0, 0.05) is 5.02 Å². The normalized spacial score (nSPS) is 10.3. The Morgan fingerprint density at radius 3 is 2.50 bits per heavy atom. The number of benzene rings is 2. The van der Waals surface area contributed by atoms with E-state index in [1.165, 1.54) is 11.6 Å². The molecule has 0 atom stereocenters. The van der Waals surface area contributed by atoms with Crippen LogP contribution in [0.15, 0.2) is 48.5 Å². The van der Waals surface area contributed by atoms with Crippen molar-refractivity contribution >= 4 is 29.2 Å². The minimum absolute atomic E-state index is 0.311. The van der Waals surface area contributed by atoms with Crippen molar-refractivity contribution in [2.75, 3.05) is 6.61 Å². The van der Waals surface area contributed by atoms with E-state index in [-0.39, 0.29) is 0 Å². The van der Waals surface area contributed by atoms with Crippen molar-refractivity contribution in [3.63, 3.8) is 0 Å². The van der Waals surface area contributed by atoms with Crippen LogP contribution in [0.2, 0.25) is 10.0 Å². The molecule has 4 heteroatoms. The monoisotopic (exact) mass is 308 g/mol. The Morgan fingerprint density at radius 2 is 1.80 bits per heavy atom. The van der Waals surface area contributed by atoms with Crippen LogP contribution < -0.4 is 0 Å². The molecule has 0 aromatic heterocycles. The van der Waals surface area contributed by atoms with Crippen LogP contribution in [0.25, 0.3) is 0 Å². The molecule has 0 amide bonds. The summed E-state index contributed by atoms with van der Waals surface area (Å²) in [4.78, 5) is 11.8. The summed E-state index contributed by atoms with van der Waals surface area (Å²) in [5.41, 5.74) is 1.57. The van der Waals surface area contributed by atoms with Gasteiger partial charge in [0.15, 0.2) is 0 Å². The molecule has 2 aromatic carbocycles. The van der Waals surface area contributed by atoms with Gasteiger partial charge in [-0.15, -0.1) is 0 Å². The molecule has 0 spiro atoms. The molecule has 2 rings (SSSR count). The molecular weight excluding hydrogens is 295 g/mol. The summed E-state index contributed by atoms with van der Waals surface area (Å²) in [5.74, 6) is -0.417. The van der Waals surface area contributed by atoms with Crippen molar-refractivity contribution in [1.29, 1.82) is 0 Å². The van der Waals surface area contributed by atoms with Gasteiger partial charge in [0.05, 0.1) is 17.2 Å². The first-order valence-corrected chi connectivity index (χ1v) is 7.08. The third-order valence-corrected chi connectivity index (χ3v) is 3.38. The van der Waals surface area contributed by atoms with Crippen LogP contribution in [0.1, 0.15) is 22.3 Å². The number of hydrogen-bond donors (Lipinski definition) is 0. The van der Waals surface area contributed by atoms with Crippen molar-refractivity contribution in [2.45, 2.75) is 12.8 Å². The van der Waals surface area contributed by atoms with Gasteiger partial charge < -0.3 is 4.74 Å². The second kappa shape index (κ2) is 7.32. The van der Waals surface area contributed by atoms with Crippen LogP contribution in [0.5, 0.6) is 0 Å². The molecule has 2 nitrogen and oxygen atoms in total. The Bertz CT molecular complexity index is 582. The number of aryl methyl sites for hydroxylation is 1. The van der Waals surface area contributed by atoms with Gasteiger partial charge in [-0.3, -0.25) is 0 Å². The van der Waals surface area contributed by atoms with Crippen molar-refractivity contribution in [3.05, 3.63) is 69.7 Å². The molecule has 2 aromatic rings. The number of rotatable bonds is 5. The first-order chi connectivity index (χ1) is 9.66. The fourth-order valence-corrected chi connectivity index (χ4v) is 2.30. The summed E-state index contributed by atoms with van der Waals surface area (Å²) in [5, 5.41) is 0.807. The topological polar surface area (TPSA) is 26.3 Å². The molecule has 20 heavy (non-hydrogen) atoms. The van der Waals surface area contributed by atoms with Crippen LogP contribution in [0.3, 0.4) is 0 Å². The lowest BCUT2D eigenvalue weighted by atomic mass is 10.1. The summed E-state index contributed by atoms with van der Waals surface area (Å²) < 4.78 is 5.20. The lowest BCUT2D eigenvalue weighted by Gasteiger charge is -2.06. The molecule has 0 N–H and O–H groups in total. The van der Waals surface area contributed by atoms with Gasteiger partial charge in [-0.25, -0.2) is 4.79 Å². The molecule has 0 saturated carbocycles. The lowest BCUT2D eigenvalue weighted by Crippen LogP contribution is -2.07. The van der Waals surface area contributed by atoms with Crippen LogP contribution in [-0.4, -0.2) is 12.6 Å². The zero-order valence-corrected chi connectivity index (χ0v) is 12.3. The Kier molecular flexibility index (Phi) is 5.45. The van der Waals surface area contributed by atoms with Gasteiger partial charge in [0.25, 0.3) is 0 Å². The zero-order chi connectivity index (χ0) is 14.4. The highest BCUT2D eigenvalue weighted by Crippen LogP contribution is 2.21.